The molecular formula is C17H23NO4. The SMILES string of the molecule is CCOC(=O)C1C2CC(C(O)C2O)N1[C@@H](C)c1ccccc1. The molecule has 5 heteroatoms. The van der Waals surface area contributed by atoms with Crippen molar-refractivity contribution < 1.29 is 19.7 Å². The van der Waals surface area contributed by atoms with E-state index in [1.165, 1.54) is 0 Å². The Labute approximate surface area is 130 Å². The monoisotopic (exact) mass is 305 g/mol. The molecule has 2 N–H and O–H groups in total. The van der Waals surface area contributed by atoms with Gasteiger partial charge < -0.3 is 14.9 Å². The summed E-state index contributed by atoms with van der Waals surface area (Å²) in [7, 11) is 0. The number of benzene rings is 1. The van der Waals surface area contributed by atoms with E-state index in [9.17, 15) is 15.0 Å². The van der Waals surface area contributed by atoms with Crippen LogP contribution in [0.1, 0.15) is 31.9 Å². The topological polar surface area (TPSA) is 70.0 Å². The van der Waals surface area contributed by atoms with Gasteiger partial charge in [0.05, 0.1) is 18.8 Å². The Hall–Kier alpha value is -1.43. The van der Waals surface area contributed by atoms with E-state index in [-0.39, 0.29) is 24.0 Å². The zero-order chi connectivity index (χ0) is 15.9. The number of esters is 1. The number of piperidine rings is 1. The van der Waals surface area contributed by atoms with Crippen molar-refractivity contribution in [2.75, 3.05) is 6.61 Å². The van der Waals surface area contributed by atoms with Crippen LogP contribution in [-0.2, 0) is 9.53 Å². The average molecular weight is 305 g/mol. The maximum Gasteiger partial charge on any atom is 0.323 e. The zero-order valence-electron chi connectivity index (χ0n) is 12.9. The van der Waals surface area contributed by atoms with Gasteiger partial charge in [-0.15, -0.1) is 0 Å². The molecule has 0 amide bonds. The van der Waals surface area contributed by atoms with Crippen LogP contribution in [0.2, 0.25) is 0 Å². The van der Waals surface area contributed by atoms with E-state index in [1.807, 2.05) is 42.2 Å². The minimum absolute atomic E-state index is 0.0206. The van der Waals surface area contributed by atoms with Crippen LogP contribution in [0.5, 0.6) is 0 Å². The van der Waals surface area contributed by atoms with Crippen molar-refractivity contribution in [3.05, 3.63) is 35.9 Å². The summed E-state index contributed by atoms with van der Waals surface area (Å²) < 4.78 is 5.20. The Bertz CT molecular complexity index is 535. The van der Waals surface area contributed by atoms with Gasteiger partial charge in [-0.25, -0.2) is 0 Å². The lowest BCUT2D eigenvalue weighted by molar-refractivity contribution is -0.160. The standard InChI is InChI=1S/C17H23NO4/c1-3-22-17(21)14-12-9-13(16(20)15(12)19)18(14)10(2)11-7-5-4-6-8-11/h4-8,10,12-16,19-20H,3,9H2,1-2H3/t10-,12?,13?,14?,15?,16?/m0/s1. The van der Waals surface area contributed by atoms with Crippen LogP contribution in [0, 0.1) is 5.92 Å². The fourth-order valence-electron chi connectivity index (χ4n) is 4.04. The van der Waals surface area contributed by atoms with Crippen LogP contribution < -0.4 is 0 Å². The van der Waals surface area contributed by atoms with Crippen LogP contribution in [0.3, 0.4) is 0 Å². The number of nitrogens with zero attached hydrogens (tertiary/aromatic N) is 1. The minimum atomic E-state index is -0.848. The van der Waals surface area contributed by atoms with E-state index < -0.39 is 18.2 Å². The van der Waals surface area contributed by atoms with Gasteiger partial charge in [-0.2, -0.15) is 0 Å². The van der Waals surface area contributed by atoms with Gasteiger partial charge in [-0.1, -0.05) is 30.3 Å². The smallest absolute Gasteiger partial charge is 0.323 e. The fourth-order valence-corrected chi connectivity index (χ4v) is 4.04. The van der Waals surface area contributed by atoms with E-state index in [1.54, 1.807) is 6.92 Å². The number of hydrogen-bond donors (Lipinski definition) is 2. The summed E-state index contributed by atoms with van der Waals surface area (Å²) in [5, 5.41) is 20.4. The van der Waals surface area contributed by atoms with Crippen molar-refractivity contribution >= 4 is 5.97 Å². The number of aliphatic hydroxyl groups excluding tert-OH is 2. The number of aliphatic hydroxyl groups is 2. The molecule has 1 saturated heterocycles. The first-order valence-corrected chi connectivity index (χ1v) is 7.91. The first-order valence-electron chi connectivity index (χ1n) is 7.91. The highest BCUT2D eigenvalue weighted by molar-refractivity contribution is 5.77. The number of fused-ring (bicyclic) bond motifs is 2. The summed E-state index contributed by atoms with van der Waals surface area (Å²) in [5.74, 6) is -0.561. The number of rotatable bonds is 4. The van der Waals surface area contributed by atoms with Crippen molar-refractivity contribution in [2.24, 2.45) is 5.92 Å². The Kier molecular flexibility index (Phi) is 4.21. The molecule has 2 aliphatic rings. The number of ether oxygens (including phenoxy) is 1. The van der Waals surface area contributed by atoms with Gasteiger partial charge in [0, 0.05) is 18.0 Å². The van der Waals surface area contributed by atoms with Gasteiger partial charge >= 0.3 is 5.97 Å². The Morgan fingerprint density at radius 1 is 1.32 bits per heavy atom. The second-order valence-corrected chi connectivity index (χ2v) is 6.18. The molecule has 1 aliphatic heterocycles. The Morgan fingerprint density at radius 3 is 2.64 bits per heavy atom. The predicted octanol–water partition coefficient (Wildman–Crippen LogP) is 1.11. The maximum absolute atomic E-state index is 12.4. The van der Waals surface area contributed by atoms with Gasteiger partial charge in [0.15, 0.2) is 0 Å². The second kappa shape index (κ2) is 5.99. The number of likely N-dealkylation sites (tertiary alicyclic amines) is 1. The van der Waals surface area contributed by atoms with Crippen LogP contribution >= 0.6 is 0 Å². The fraction of sp³-hybridized carbons (Fsp3) is 0.588. The Morgan fingerprint density at radius 2 is 2.00 bits per heavy atom. The van der Waals surface area contributed by atoms with Crippen molar-refractivity contribution in [3.8, 4) is 0 Å². The van der Waals surface area contributed by atoms with Gasteiger partial charge in [0.2, 0.25) is 0 Å². The zero-order valence-corrected chi connectivity index (χ0v) is 12.9. The highest BCUT2D eigenvalue weighted by Crippen LogP contribution is 2.47. The molecule has 2 fully saturated rings. The molecule has 1 aromatic rings. The number of carbonyl (C=O) groups is 1. The van der Waals surface area contributed by atoms with Crippen molar-refractivity contribution in [2.45, 2.75) is 50.6 Å². The quantitative estimate of drug-likeness (QED) is 0.815. The summed E-state index contributed by atoms with van der Waals surface area (Å²) in [6.07, 6.45) is -1.02. The average Bonchev–Trinajstić information content (AvgIpc) is 3.05. The molecule has 1 aliphatic carbocycles. The van der Waals surface area contributed by atoms with Crippen molar-refractivity contribution in [1.29, 1.82) is 0 Å². The maximum atomic E-state index is 12.4. The summed E-state index contributed by atoms with van der Waals surface area (Å²) in [6, 6.07) is 9.20. The molecule has 2 bridgehead atoms. The highest BCUT2D eigenvalue weighted by Gasteiger charge is 2.60. The molecule has 1 saturated carbocycles. The van der Waals surface area contributed by atoms with Crippen LogP contribution in [0.15, 0.2) is 30.3 Å². The van der Waals surface area contributed by atoms with Crippen LogP contribution in [-0.4, -0.2) is 52.0 Å². The first kappa shape index (κ1) is 15.5. The van der Waals surface area contributed by atoms with E-state index in [0.29, 0.717) is 13.0 Å². The molecule has 120 valence electrons. The second-order valence-electron chi connectivity index (χ2n) is 6.18. The van der Waals surface area contributed by atoms with E-state index in [2.05, 4.69) is 0 Å². The lowest BCUT2D eigenvalue weighted by Gasteiger charge is -2.42. The normalized spacial score (nSPS) is 35.5. The lowest BCUT2D eigenvalue weighted by Crippen LogP contribution is -2.57. The molecular weight excluding hydrogens is 282 g/mol. The molecule has 0 spiro atoms. The van der Waals surface area contributed by atoms with Crippen molar-refractivity contribution in [3.63, 3.8) is 0 Å². The number of hydrogen-bond acceptors (Lipinski definition) is 5. The summed E-state index contributed by atoms with van der Waals surface area (Å²) in [4.78, 5) is 14.4. The van der Waals surface area contributed by atoms with E-state index >= 15 is 0 Å². The predicted molar refractivity (Wildman–Crippen MR) is 81.0 cm³/mol. The molecule has 5 nitrogen and oxygen atoms in total. The third kappa shape index (κ3) is 2.33. The lowest BCUT2D eigenvalue weighted by atomic mass is 9.92. The Balaban J connectivity index is 1.91. The molecule has 1 heterocycles. The molecule has 5 unspecified atom stereocenters. The van der Waals surface area contributed by atoms with Crippen LogP contribution in [0.25, 0.3) is 0 Å². The summed E-state index contributed by atoms with van der Waals surface area (Å²) in [5.41, 5.74) is 1.09. The molecule has 0 radical (unpaired) electrons. The van der Waals surface area contributed by atoms with E-state index in [0.717, 1.165) is 5.56 Å². The molecule has 1 aromatic carbocycles. The van der Waals surface area contributed by atoms with E-state index in [4.69, 9.17) is 4.74 Å². The number of carbonyl (C=O) groups excluding carboxylic acids is 1. The molecule has 3 rings (SSSR count). The molecule has 6 atom stereocenters. The van der Waals surface area contributed by atoms with Gasteiger partial charge in [-0.3, -0.25) is 9.69 Å². The van der Waals surface area contributed by atoms with Gasteiger partial charge in [0.25, 0.3) is 0 Å². The van der Waals surface area contributed by atoms with Crippen molar-refractivity contribution in [1.82, 2.24) is 4.90 Å². The van der Waals surface area contributed by atoms with Gasteiger partial charge in [-0.05, 0) is 25.8 Å². The van der Waals surface area contributed by atoms with Gasteiger partial charge in [0.1, 0.15) is 6.04 Å². The highest BCUT2D eigenvalue weighted by atomic mass is 16.5. The third-order valence-corrected chi connectivity index (χ3v) is 5.06. The first-order chi connectivity index (χ1) is 10.6. The summed E-state index contributed by atoms with van der Waals surface area (Å²) in [6.45, 7) is 4.13. The minimum Gasteiger partial charge on any atom is -0.465 e. The van der Waals surface area contributed by atoms with Crippen LogP contribution in [0.4, 0.5) is 0 Å². The molecule has 22 heavy (non-hydrogen) atoms. The largest absolute Gasteiger partial charge is 0.465 e. The third-order valence-electron chi connectivity index (χ3n) is 5.06. The molecule has 0 aromatic heterocycles. The summed E-state index contributed by atoms with van der Waals surface area (Å²) >= 11 is 0.